The van der Waals surface area contributed by atoms with Crippen LogP contribution in [0.3, 0.4) is 0 Å². The van der Waals surface area contributed by atoms with Crippen molar-refractivity contribution >= 4 is 5.78 Å². The summed E-state index contributed by atoms with van der Waals surface area (Å²) in [4.78, 5) is 12.2. The third-order valence-electron chi connectivity index (χ3n) is 3.02. The van der Waals surface area contributed by atoms with Gasteiger partial charge in [0.1, 0.15) is 23.4 Å². The highest BCUT2D eigenvalue weighted by Crippen LogP contribution is 2.25. The van der Waals surface area contributed by atoms with Crippen LogP contribution in [0, 0.1) is 35.7 Å². The second-order valence-electron chi connectivity index (χ2n) is 4.58. The van der Waals surface area contributed by atoms with Crippen LogP contribution in [0.25, 0.3) is 0 Å². The molecule has 2 aromatic carbocycles. The predicted molar refractivity (Wildman–Crippen MR) is 70.2 cm³/mol. The average molecular weight is 289 g/mol. The van der Waals surface area contributed by atoms with Gasteiger partial charge in [-0.05, 0) is 12.5 Å². The molecule has 0 aliphatic carbocycles. The minimum absolute atomic E-state index is 0.339. The third kappa shape index (κ3) is 2.95. The molecule has 1 unspecified atom stereocenters. The number of hydrogen-bond acceptors (Lipinski definition) is 2. The van der Waals surface area contributed by atoms with Gasteiger partial charge < -0.3 is 0 Å². The summed E-state index contributed by atoms with van der Waals surface area (Å²) < 4.78 is 40.2. The Hall–Kier alpha value is -2.61. The van der Waals surface area contributed by atoms with E-state index < -0.39 is 34.7 Å². The Morgan fingerprint density at radius 1 is 1.14 bits per heavy atom. The molecule has 2 nitrogen and oxygen atoms in total. The fraction of sp³-hybridized carbons (Fsp3) is 0.125. The van der Waals surface area contributed by atoms with Crippen molar-refractivity contribution in [1.29, 1.82) is 5.26 Å². The lowest BCUT2D eigenvalue weighted by molar-refractivity contribution is 0.0970. The zero-order valence-corrected chi connectivity index (χ0v) is 11.0. The quantitative estimate of drug-likeness (QED) is 0.804. The van der Waals surface area contributed by atoms with Crippen LogP contribution in [-0.4, -0.2) is 5.78 Å². The molecule has 0 aromatic heterocycles. The number of nitriles is 1. The van der Waals surface area contributed by atoms with Gasteiger partial charge in [0.25, 0.3) is 0 Å². The van der Waals surface area contributed by atoms with E-state index in [1.54, 1.807) is 31.2 Å². The van der Waals surface area contributed by atoms with E-state index in [-0.39, 0.29) is 0 Å². The molecular formula is C16H10F3NO. The number of nitrogens with zero attached hydrogens (tertiary/aromatic N) is 1. The normalized spacial score (nSPS) is 11.8. The van der Waals surface area contributed by atoms with Gasteiger partial charge in [0.2, 0.25) is 0 Å². The van der Waals surface area contributed by atoms with E-state index in [2.05, 4.69) is 0 Å². The highest BCUT2D eigenvalue weighted by Gasteiger charge is 2.28. The van der Waals surface area contributed by atoms with Crippen molar-refractivity contribution in [2.24, 2.45) is 0 Å². The van der Waals surface area contributed by atoms with Gasteiger partial charge in [-0.1, -0.05) is 29.8 Å². The fourth-order valence-corrected chi connectivity index (χ4v) is 2.06. The minimum Gasteiger partial charge on any atom is -0.292 e. The first-order valence-electron chi connectivity index (χ1n) is 6.09. The van der Waals surface area contributed by atoms with Crippen LogP contribution in [0.4, 0.5) is 13.2 Å². The van der Waals surface area contributed by atoms with Gasteiger partial charge in [-0.2, -0.15) is 5.26 Å². The van der Waals surface area contributed by atoms with Crippen molar-refractivity contribution in [1.82, 2.24) is 0 Å². The van der Waals surface area contributed by atoms with E-state index in [1.165, 1.54) is 6.07 Å². The van der Waals surface area contributed by atoms with E-state index in [9.17, 15) is 18.0 Å². The lowest BCUT2D eigenvalue weighted by Crippen LogP contribution is -2.15. The Kier molecular flexibility index (Phi) is 4.08. The first kappa shape index (κ1) is 14.8. The summed E-state index contributed by atoms with van der Waals surface area (Å²) in [5, 5.41) is 9.15. The molecule has 0 fully saturated rings. The number of rotatable bonds is 3. The molecule has 2 rings (SSSR count). The van der Waals surface area contributed by atoms with E-state index in [0.29, 0.717) is 17.7 Å². The Morgan fingerprint density at radius 2 is 1.76 bits per heavy atom. The van der Waals surface area contributed by atoms with Crippen LogP contribution >= 0.6 is 0 Å². The van der Waals surface area contributed by atoms with Crippen molar-refractivity contribution < 1.29 is 18.0 Å². The molecule has 0 N–H and O–H groups in total. The fourth-order valence-electron chi connectivity index (χ4n) is 2.06. The number of benzene rings is 2. The number of Topliss-reactive ketones (excluding diaryl/α,β-unsaturated/α-hetero) is 1. The van der Waals surface area contributed by atoms with Gasteiger partial charge in [-0.25, -0.2) is 13.2 Å². The Bertz CT molecular complexity index is 726. The van der Waals surface area contributed by atoms with Crippen molar-refractivity contribution in [3.63, 3.8) is 0 Å². The number of carbonyl (C=O) groups is 1. The lowest BCUT2D eigenvalue weighted by Gasteiger charge is -2.11. The van der Waals surface area contributed by atoms with Crippen molar-refractivity contribution in [3.05, 3.63) is 70.5 Å². The number of hydrogen-bond donors (Lipinski definition) is 0. The molecule has 0 spiro atoms. The Labute approximate surface area is 119 Å². The molecule has 0 amide bonds. The molecule has 0 heterocycles. The Balaban J connectivity index is 2.50. The standard InChI is InChI=1S/C16H10F3NO/c1-9-3-2-4-10(5-9)12(8-20)16(21)15-13(18)6-11(17)7-14(15)19/h2-7,12H,1H3. The molecular weight excluding hydrogens is 279 g/mol. The highest BCUT2D eigenvalue weighted by molar-refractivity contribution is 6.03. The summed E-state index contributed by atoms with van der Waals surface area (Å²) in [6.07, 6.45) is 0. The van der Waals surface area contributed by atoms with E-state index in [0.717, 1.165) is 5.56 Å². The molecule has 0 bridgehead atoms. The van der Waals surface area contributed by atoms with Crippen molar-refractivity contribution in [3.8, 4) is 6.07 Å². The lowest BCUT2D eigenvalue weighted by atomic mass is 9.90. The number of aryl methyl sites for hydroxylation is 1. The molecule has 0 aliphatic heterocycles. The number of carbonyl (C=O) groups excluding carboxylic acids is 1. The maximum absolute atomic E-state index is 13.6. The predicted octanol–water partition coefficient (Wildman–Crippen LogP) is 3.90. The number of halogens is 3. The largest absolute Gasteiger partial charge is 0.292 e. The molecule has 0 saturated carbocycles. The molecule has 5 heteroatoms. The van der Waals surface area contributed by atoms with Gasteiger partial charge in [0.15, 0.2) is 5.78 Å². The van der Waals surface area contributed by atoms with Crippen LogP contribution in [0.5, 0.6) is 0 Å². The zero-order valence-electron chi connectivity index (χ0n) is 11.0. The molecule has 21 heavy (non-hydrogen) atoms. The summed E-state index contributed by atoms with van der Waals surface area (Å²) in [5.41, 5.74) is 0.246. The first-order chi connectivity index (χ1) is 9.93. The van der Waals surface area contributed by atoms with Gasteiger partial charge in [0, 0.05) is 12.1 Å². The Morgan fingerprint density at radius 3 is 2.29 bits per heavy atom. The summed E-state index contributed by atoms with van der Waals surface area (Å²) in [6, 6.07) is 9.09. The van der Waals surface area contributed by atoms with Crippen LogP contribution < -0.4 is 0 Å². The second kappa shape index (κ2) is 5.80. The molecule has 0 saturated heterocycles. The van der Waals surface area contributed by atoms with Crippen LogP contribution in [-0.2, 0) is 0 Å². The zero-order chi connectivity index (χ0) is 15.6. The summed E-state index contributed by atoms with van der Waals surface area (Å²) in [7, 11) is 0. The molecule has 0 radical (unpaired) electrons. The summed E-state index contributed by atoms with van der Waals surface area (Å²) >= 11 is 0. The van der Waals surface area contributed by atoms with Crippen LogP contribution in [0.1, 0.15) is 27.4 Å². The van der Waals surface area contributed by atoms with Gasteiger partial charge in [-0.15, -0.1) is 0 Å². The van der Waals surface area contributed by atoms with Crippen molar-refractivity contribution in [2.75, 3.05) is 0 Å². The average Bonchev–Trinajstić information content (AvgIpc) is 2.38. The number of ketones is 1. The topological polar surface area (TPSA) is 40.9 Å². The molecule has 0 aliphatic rings. The maximum atomic E-state index is 13.6. The van der Waals surface area contributed by atoms with E-state index in [1.807, 2.05) is 0 Å². The third-order valence-corrected chi connectivity index (χ3v) is 3.02. The van der Waals surface area contributed by atoms with Gasteiger partial charge in [-0.3, -0.25) is 4.79 Å². The monoisotopic (exact) mass is 289 g/mol. The molecule has 2 aromatic rings. The van der Waals surface area contributed by atoms with Gasteiger partial charge in [0.05, 0.1) is 11.6 Å². The first-order valence-corrected chi connectivity index (χ1v) is 6.09. The SMILES string of the molecule is Cc1cccc(C(C#N)C(=O)c2c(F)cc(F)cc2F)c1. The van der Waals surface area contributed by atoms with Gasteiger partial charge >= 0.3 is 0 Å². The van der Waals surface area contributed by atoms with Crippen molar-refractivity contribution in [2.45, 2.75) is 12.8 Å². The molecule has 106 valence electrons. The summed E-state index contributed by atoms with van der Waals surface area (Å²) in [5.74, 6) is -6.13. The summed E-state index contributed by atoms with van der Waals surface area (Å²) in [6.45, 7) is 1.77. The second-order valence-corrected chi connectivity index (χ2v) is 4.58. The highest BCUT2D eigenvalue weighted by atomic mass is 19.1. The molecule has 1 atom stereocenters. The van der Waals surface area contributed by atoms with E-state index >= 15 is 0 Å². The maximum Gasteiger partial charge on any atom is 0.190 e. The van der Waals surface area contributed by atoms with E-state index in [4.69, 9.17) is 5.26 Å². The minimum atomic E-state index is -1.35. The smallest absolute Gasteiger partial charge is 0.190 e. The van der Waals surface area contributed by atoms with Crippen LogP contribution in [0.2, 0.25) is 0 Å². The van der Waals surface area contributed by atoms with Crippen LogP contribution in [0.15, 0.2) is 36.4 Å².